The summed E-state index contributed by atoms with van der Waals surface area (Å²) in [6, 6.07) is 16.7. The topological polar surface area (TPSA) is 0 Å². The van der Waals surface area contributed by atoms with Crippen LogP contribution in [0.2, 0.25) is 23.7 Å². The van der Waals surface area contributed by atoms with Crippen LogP contribution in [-0.4, -0.2) is 8.07 Å². The van der Waals surface area contributed by atoms with Crippen LogP contribution in [0.15, 0.2) is 36.4 Å². The number of allylic oxidation sites excluding steroid dienone is 1. The van der Waals surface area contributed by atoms with E-state index >= 15 is 0 Å². The summed E-state index contributed by atoms with van der Waals surface area (Å²) >= 11 is 0. The normalized spacial score (nSPS) is 30.8. The molecule has 160 valence electrons. The van der Waals surface area contributed by atoms with Crippen molar-refractivity contribution >= 4 is 24.9 Å². The molecule has 2 aromatic rings. The van der Waals surface area contributed by atoms with Gasteiger partial charge >= 0.3 is 0 Å². The Kier molecular flexibility index (Phi) is 5.46. The number of fused-ring (bicyclic) bond motifs is 5. The van der Waals surface area contributed by atoms with Gasteiger partial charge in [0.25, 0.3) is 0 Å². The molecule has 2 fully saturated rings. The van der Waals surface area contributed by atoms with Gasteiger partial charge in [0, 0.05) is 0 Å². The summed E-state index contributed by atoms with van der Waals surface area (Å²) in [6.07, 6.45) is 12.5. The van der Waals surface area contributed by atoms with Crippen LogP contribution in [0.25, 0.3) is 16.8 Å². The average Bonchev–Trinajstić information content (AvgIpc) is 3.10. The van der Waals surface area contributed by atoms with E-state index in [0.29, 0.717) is 0 Å². The van der Waals surface area contributed by atoms with Gasteiger partial charge in [0.15, 0.2) is 0 Å². The summed E-state index contributed by atoms with van der Waals surface area (Å²) in [5.41, 5.74) is 5.58. The summed E-state index contributed by atoms with van der Waals surface area (Å²) in [6.45, 7) is 9.82. The molecule has 1 heterocycles. The average molecular weight is 417 g/mol. The fourth-order valence-electron chi connectivity index (χ4n) is 7.94. The lowest BCUT2D eigenvalue weighted by molar-refractivity contribution is 0.511. The Hall–Kier alpha value is -1.34. The molecule has 0 radical (unpaired) electrons. The lowest BCUT2D eigenvalue weighted by Crippen LogP contribution is -2.46. The molecule has 2 aromatic carbocycles. The van der Waals surface area contributed by atoms with Gasteiger partial charge < -0.3 is 0 Å². The predicted molar refractivity (Wildman–Crippen MR) is 135 cm³/mol. The van der Waals surface area contributed by atoms with Crippen molar-refractivity contribution in [2.45, 2.75) is 89.4 Å². The minimum atomic E-state index is -1.25. The Labute approximate surface area is 185 Å². The predicted octanol–water partition coefficient (Wildman–Crippen LogP) is 8.96. The molecule has 2 aliphatic carbocycles. The van der Waals surface area contributed by atoms with Crippen LogP contribution in [-0.2, 0) is 0 Å². The largest absolute Gasteiger partial charge is 0.0802 e. The zero-order valence-electron chi connectivity index (χ0n) is 19.6. The first-order valence-electron chi connectivity index (χ1n) is 12.7. The van der Waals surface area contributed by atoms with E-state index in [2.05, 4.69) is 70.2 Å². The Morgan fingerprint density at radius 2 is 1.87 bits per heavy atom. The fraction of sp³-hybridized carbons (Fsp3) is 0.586. The molecule has 1 saturated heterocycles. The first kappa shape index (κ1) is 20.6. The molecule has 0 nitrogen and oxygen atoms in total. The fourth-order valence-corrected chi connectivity index (χ4v) is 15.6. The van der Waals surface area contributed by atoms with Crippen LogP contribution < -0.4 is 0 Å². The van der Waals surface area contributed by atoms with E-state index in [9.17, 15) is 0 Å². The van der Waals surface area contributed by atoms with E-state index in [1.54, 1.807) is 23.7 Å². The second-order valence-electron chi connectivity index (χ2n) is 11.2. The molecule has 1 saturated carbocycles. The van der Waals surface area contributed by atoms with Crippen LogP contribution in [0, 0.1) is 24.7 Å². The SMILES string of the molecule is CCC(C)C[Si]1(C2C(C)CC3c4c(ccc5cc(C)ccc45)C=CC32)CCCCC1. The second-order valence-corrected chi connectivity index (χ2v) is 16.0. The Morgan fingerprint density at radius 3 is 2.63 bits per heavy atom. The van der Waals surface area contributed by atoms with Gasteiger partial charge in [-0.15, -0.1) is 0 Å². The van der Waals surface area contributed by atoms with Gasteiger partial charge in [-0.3, -0.25) is 0 Å². The van der Waals surface area contributed by atoms with E-state index in [1.165, 1.54) is 54.0 Å². The highest BCUT2D eigenvalue weighted by molar-refractivity contribution is 6.81. The van der Waals surface area contributed by atoms with Crippen LogP contribution >= 0.6 is 0 Å². The molecule has 0 N–H and O–H groups in total. The lowest BCUT2D eigenvalue weighted by Gasteiger charge is -2.47. The number of aryl methyl sites for hydroxylation is 1. The first-order chi connectivity index (χ1) is 14.5. The molecule has 0 spiro atoms. The quantitative estimate of drug-likeness (QED) is 0.436. The minimum absolute atomic E-state index is 0.750. The first-order valence-corrected chi connectivity index (χ1v) is 15.4. The van der Waals surface area contributed by atoms with E-state index in [1.807, 2.05) is 0 Å². The number of rotatable bonds is 4. The van der Waals surface area contributed by atoms with E-state index in [4.69, 9.17) is 0 Å². The van der Waals surface area contributed by atoms with Crippen molar-refractivity contribution in [1.82, 2.24) is 0 Å². The Bertz CT molecular complexity index is 948. The third kappa shape index (κ3) is 3.32. The van der Waals surface area contributed by atoms with Crippen molar-refractivity contribution in [3.63, 3.8) is 0 Å². The van der Waals surface area contributed by atoms with Gasteiger partial charge in [0.2, 0.25) is 0 Å². The molecule has 5 unspecified atom stereocenters. The molecule has 1 heteroatoms. The molecule has 30 heavy (non-hydrogen) atoms. The van der Waals surface area contributed by atoms with Crippen LogP contribution in [0.4, 0.5) is 0 Å². The smallest absolute Gasteiger partial charge is 0.0578 e. The monoisotopic (exact) mass is 416 g/mol. The highest BCUT2D eigenvalue weighted by Gasteiger charge is 2.53. The highest BCUT2D eigenvalue weighted by atomic mass is 28.3. The highest BCUT2D eigenvalue weighted by Crippen LogP contribution is 2.62. The zero-order chi connectivity index (χ0) is 20.9. The summed E-state index contributed by atoms with van der Waals surface area (Å²) in [5.74, 6) is 3.36. The van der Waals surface area contributed by atoms with Crippen molar-refractivity contribution in [2.24, 2.45) is 17.8 Å². The van der Waals surface area contributed by atoms with Gasteiger partial charge in [-0.2, -0.15) is 0 Å². The van der Waals surface area contributed by atoms with Gasteiger partial charge in [-0.25, -0.2) is 0 Å². The van der Waals surface area contributed by atoms with Crippen LogP contribution in [0.3, 0.4) is 0 Å². The molecular formula is C29H40Si. The summed E-state index contributed by atoms with van der Waals surface area (Å²) < 4.78 is 0. The van der Waals surface area contributed by atoms with Gasteiger partial charge in [0.1, 0.15) is 0 Å². The van der Waals surface area contributed by atoms with Crippen molar-refractivity contribution < 1.29 is 0 Å². The number of hydrogen-bond acceptors (Lipinski definition) is 0. The molecule has 3 aliphatic rings. The standard InChI is InChI=1S/C29H40Si/c1-5-20(2)19-30(15-7-6-8-16-30)29-22(4)18-27-26(29)14-12-23-10-11-24-17-21(3)9-13-25(24)28(23)27/h9-14,17,20,22,26-27,29H,5-8,15-16,18-19H2,1-4H3. The minimum Gasteiger partial charge on any atom is -0.0802 e. The Balaban J connectivity index is 1.58. The molecule has 0 aromatic heterocycles. The Morgan fingerprint density at radius 1 is 1.07 bits per heavy atom. The molecule has 5 rings (SSSR count). The van der Waals surface area contributed by atoms with Gasteiger partial charge in [-0.05, 0) is 64.5 Å². The van der Waals surface area contributed by atoms with E-state index < -0.39 is 8.07 Å². The maximum atomic E-state index is 2.68. The van der Waals surface area contributed by atoms with Crippen molar-refractivity contribution in [2.75, 3.05) is 0 Å². The van der Waals surface area contributed by atoms with Gasteiger partial charge in [0.05, 0.1) is 8.07 Å². The maximum absolute atomic E-state index is 2.68. The molecule has 0 amide bonds. The molecule has 5 atom stereocenters. The van der Waals surface area contributed by atoms with Gasteiger partial charge in [-0.1, -0.05) is 113 Å². The van der Waals surface area contributed by atoms with Crippen molar-refractivity contribution in [1.29, 1.82) is 0 Å². The zero-order valence-corrected chi connectivity index (χ0v) is 20.6. The third-order valence-electron chi connectivity index (χ3n) is 9.25. The summed E-state index contributed by atoms with van der Waals surface area (Å²) in [7, 11) is -1.25. The molecule has 1 aliphatic heterocycles. The number of benzene rings is 2. The van der Waals surface area contributed by atoms with E-state index in [-0.39, 0.29) is 0 Å². The van der Waals surface area contributed by atoms with Crippen molar-refractivity contribution in [3.05, 3.63) is 53.1 Å². The van der Waals surface area contributed by atoms with Crippen LogP contribution in [0.5, 0.6) is 0 Å². The molecular weight excluding hydrogens is 376 g/mol. The summed E-state index contributed by atoms with van der Waals surface area (Å²) in [5, 5.41) is 2.98. The third-order valence-corrected chi connectivity index (χ3v) is 15.8. The van der Waals surface area contributed by atoms with Crippen LogP contribution in [0.1, 0.15) is 75.5 Å². The summed E-state index contributed by atoms with van der Waals surface area (Å²) in [4.78, 5) is 0. The van der Waals surface area contributed by atoms with Crippen molar-refractivity contribution in [3.8, 4) is 0 Å². The number of hydrogen-bond donors (Lipinski definition) is 0. The van der Waals surface area contributed by atoms with E-state index in [0.717, 1.165) is 29.2 Å². The maximum Gasteiger partial charge on any atom is 0.0578 e. The second kappa shape index (κ2) is 7.97. The lowest BCUT2D eigenvalue weighted by atomic mass is 9.79. The molecule has 0 bridgehead atoms.